The van der Waals surface area contributed by atoms with Gasteiger partial charge in [0.05, 0.1) is 13.2 Å². The molecular formula is C13H23NO5. The molecule has 1 rings (SSSR count). The van der Waals surface area contributed by atoms with Gasteiger partial charge in [-0.25, -0.2) is 9.59 Å². The maximum absolute atomic E-state index is 12.1. The first kappa shape index (κ1) is 15.8. The summed E-state index contributed by atoms with van der Waals surface area (Å²) in [6.45, 7) is 9.89. The summed E-state index contributed by atoms with van der Waals surface area (Å²) < 4.78 is 10.6. The molecule has 0 unspecified atom stereocenters. The molecule has 1 N–H and O–H groups in total. The van der Waals surface area contributed by atoms with Crippen LogP contribution >= 0.6 is 0 Å². The third kappa shape index (κ3) is 5.06. The molecule has 1 fully saturated rings. The maximum Gasteiger partial charge on any atom is 0.410 e. The highest BCUT2D eigenvalue weighted by molar-refractivity contribution is 5.74. The topological polar surface area (TPSA) is 76.1 Å². The smallest absolute Gasteiger partial charge is 0.410 e. The third-order valence-electron chi connectivity index (χ3n) is 2.61. The highest BCUT2D eigenvalue weighted by atomic mass is 16.6. The molecule has 0 aromatic carbocycles. The van der Waals surface area contributed by atoms with E-state index in [1.807, 2.05) is 13.8 Å². The number of aliphatic carboxylic acids is 1. The second-order valence-electron chi connectivity index (χ2n) is 6.66. The summed E-state index contributed by atoms with van der Waals surface area (Å²) in [6, 6.07) is 0. The molecule has 0 aromatic rings. The van der Waals surface area contributed by atoms with Gasteiger partial charge in [0, 0.05) is 12.0 Å². The largest absolute Gasteiger partial charge is 0.479 e. The van der Waals surface area contributed by atoms with Crippen LogP contribution in [0.15, 0.2) is 0 Å². The van der Waals surface area contributed by atoms with Gasteiger partial charge in [-0.05, 0) is 20.8 Å². The lowest BCUT2D eigenvalue weighted by Gasteiger charge is -2.30. The summed E-state index contributed by atoms with van der Waals surface area (Å²) in [7, 11) is 0. The molecule has 110 valence electrons. The van der Waals surface area contributed by atoms with Gasteiger partial charge in [-0.3, -0.25) is 0 Å². The Morgan fingerprint density at radius 1 is 1.37 bits per heavy atom. The Labute approximate surface area is 113 Å². The fourth-order valence-electron chi connectivity index (χ4n) is 1.82. The predicted molar refractivity (Wildman–Crippen MR) is 69.0 cm³/mol. The van der Waals surface area contributed by atoms with E-state index in [0.29, 0.717) is 13.2 Å². The number of nitrogens with zero attached hydrogens (tertiary/aromatic N) is 1. The molecule has 6 nitrogen and oxygen atoms in total. The van der Waals surface area contributed by atoms with Gasteiger partial charge in [0.1, 0.15) is 5.60 Å². The SMILES string of the molecule is CC1(C)CO[C@H](C(=O)O)CN(C(=O)OC(C)(C)C)C1. The van der Waals surface area contributed by atoms with E-state index in [0.717, 1.165) is 0 Å². The van der Waals surface area contributed by atoms with Crippen molar-refractivity contribution in [2.24, 2.45) is 5.41 Å². The van der Waals surface area contributed by atoms with Crippen molar-refractivity contribution >= 4 is 12.1 Å². The average Bonchev–Trinajstić information content (AvgIpc) is 2.34. The lowest BCUT2D eigenvalue weighted by molar-refractivity contribution is -0.151. The summed E-state index contributed by atoms with van der Waals surface area (Å²) in [5, 5.41) is 9.06. The molecule has 0 aromatic heterocycles. The molecule has 0 radical (unpaired) electrons. The average molecular weight is 273 g/mol. The molecule has 1 aliphatic rings. The molecule has 0 saturated carbocycles. The third-order valence-corrected chi connectivity index (χ3v) is 2.61. The minimum atomic E-state index is -1.06. The lowest BCUT2D eigenvalue weighted by Crippen LogP contribution is -2.44. The Kier molecular flexibility index (Phi) is 4.45. The van der Waals surface area contributed by atoms with Crippen LogP contribution in [-0.2, 0) is 14.3 Å². The first-order valence-electron chi connectivity index (χ1n) is 6.32. The summed E-state index contributed by atoms with van der Waals surface area (Å²) >= 11 is 0. The van der Waals surface area contributed by atoms with E-state index < -0.39 is 23.8 Å². The monoisotopic (exact) mass is 273 g/mol. The first-order chi connectivity index (χ1) is 8.50. The molecular weight excluding hydrogens is 250 g/mol. The van der Waals surface area contributed by atoms with Gasteiger partial charge in [0.25, 0.3) is 0 Å². The number of ether oxygens (including phenoxy) is 2. The van der Waals surface area contributed by atoms with Gasteiger partial charge in [0.2, 0.25) is 0 Å². The Morgan fingerprint density at radius 2 is 1.95 bits per heavy atom. The molecule has 1 heterocycles. The number of carboxylic acids is 1. The van der Waals surface area contributed by atoms with Crippen molar-refractivity contribution in [3.8, 4) is 0 Å². The number of rotatable bonds is 1. The Balaban J connectivity index is 2.83. The van der Waals surface area contributed by atoms with Gasteiger partial charge in [-0.2, -0.15) is 0 Å². The van der Waals surface area contributed by atoms with Crippen LogP contribution in [0.2, 0.25) is 0 Å². The number of carbonyl (C=O) groups excluding carboxylic acids is 1. The van der Waals surface area contributed by atoms with E-state index in [1.54, 1.807) is 20.8 Å². The van der Waals surface area contributed by atoms with Gasteiger partial charge in [-0.15, -0.1) is 0 Å². The zero-order valence-electron chi connectivity index (χ0n) is 12.2. The predicted octanol–water partition coefficient (Wildman–Crippen LogP) is 1.73. The molecule has 1 amide bonds. The van der Waals surface area contributed by atoms with E-state index in [1.165, 1.54) is 4.90 Å². The minimum Gasteiger partial charge on any atom is -0.479 e. The highest BCUT2D eigenvalue weighted by Gasteiger charge is 2.36. The Bertz CT molecular complexity index is 359. The summed E-state index contributed by atoms with van der Waals surface area (Å²) in [5.41, 5.74) is -0.909. The van der Waals surface area contributed by atoms with Crippen molar-refractivity contribution in [3.63, 3.8) is 0 Å². The van der Waals surface area contributed by atoms with Crippen LogP contribution in [0.5, 0.6) is 0 Å². The molecule has 6 heteroatoms. The molecule has 0 spiro atoms. The number of hydrogen-bond donors (Lipinski definition) is 1. The Hall–Kier alpha value is -1.30. The van der Waals surface area contributed by atoms with E-state index >= 15 is 0 Å². The van der Waals surface area contributed by atoms with Crippen molar-refractivity contribution in [2.75, 3.05) is 19.7 Å². The highest BCUT2D eigenvalue weighted by Crippen LogP contribution is 2.24. The fourth-order valence-corrected chi connectivity index (χ4v) is 1.82. The van der Waals surface area contributed by atoms with Gasteiger partial charge >= 0.3 is 12.1 Å². The number of hydrogen-bond acceptors (Lipinski definition) is 4. The Morgan fingerprint density at radius 3 is 2.42 bits per heavy atom. The quantitative estimate of drug-likeness (QED) is 0.787. The standard InChI is InChI=1S/C13H23NO5/c1-12(2,3)19-11(17)14-6-9(10(15)16)18-8-13(4,5)7-14/h9H,6-8H2,1-5H3,(H,15,16)/t9-/m0/s1. The first-order valence-corrected chi connectivity index (χ1v) is 6.32. The minimum absolute atomic E-state index is 0.00762. The van der Waals surface area contributed by atoms with Gasteiger partial charge < -0.3 is 19.5 Å². The van der Waals surface area contributed by atoms with E-state index in [-0.39, 0.29) is 12.0 Å². The molecule has 1 saturated heterocycles. The van der Waals surface area contributed by atoms with Crippen LogP contribution in [0.1, 0.15) is 34.6 Å². The number of carboxylic acid groups (broad SMARTS) is 1. The van der Waals surface area contributed by atoms with E-state index in [2.05, 4.69) is 0 Å². The maximum atomic E-state index is 12.1. The number of carbonyl (C=O) groups is 2. The molecule has 0 bridgehead atoms. The normalized spacial score (nSPS) is 23.6. The fraction of sp³-hybridized carbons (Fsp3) is 0.846. The van der Waals surface area contributed by atoms with Crippen LogP contribution in [0.25, 0.3) is 0 Å². The molecule has 1 atom stereocenters. The van der Waals surface area contributed by atoms with Crippen molar-refractivity contribution in [1.29, 1.82) is 0 Å². The van der Waals surface area contributed by atoms with E-state index in [4.69, 9.17) is 14.6 Å². The van der Waals surface area contributed by atoms with Crippen LogP contribution in [-0.4, -0.2) is 53.5 Å². The van der Waals surface area contributed by atoms with Crippen LogP contribution in [0.4, 0.5) is 4.79 Å². The zero-order chi connectivity index (χ0) is 14.8. The zero-order valence-corrected chi connectivity index (χ0v) is 12.2. The van der Waals surface area contributed by atoms with Crippen molar-refractivity contribution < 1.29 is 24.2 Å². The van der Waals surface area contributed by atoms with Gasteiger partial charge in [0.15, 0.2) is 6.10 Å². The van der Waals surface area contributed by atoms with Gasteiger partial charge in [-0.1, -0.05) is 13.8 Å². The summed E-state index contributed by atoms with van der Waals surface area (Å²) in [5.74, 6) is -1.06. The second-order valence-corrected chi connectivity index (χ2v) is 6.66. The van der Waals surface area contributed by atoms with Crippen molar-refractivity contribution in [1.82, 2.24) is 4.90 Å². The van der Waals surface area contributed by atoms with Crippen molar-refractivity contribution in [2.45, 2.75) is 46.3 Å². The molecule has 19 heavy (non-hydrogen) atoms. The molecule has 1 aliphatic heterocycles. The molecule has 0 aliphatic carbocycles. The second kappa shape index (κ2) is 5.36. The van der Waals surface area contributed by atoms with Crippen molar-refractivity contribution in [3.05, 3.63) is 0 Å². The lowest BCUT2D eigenvalue weighted by atomic mass is 9.94. The summed E-state index contributed by atoms with van der Waals surface area (Å²) in [4.78, 5) is 24.6. The van der Waals surface area contributed by atoms with E-state index in [9.17, 15) is 9.59 Å². The summed E-state index contributed by atoms with van der Waals surface area (Å²) in [6.07, 6.45) is -1.51. The van der Waals surface area contributed by atoms with Crippen LogP contribution < -0.4 is 0 Å². The van der Waals surface area contributed by atoms with Crippen LogP contribution in [0, 0.1) is 5.41 Å². The number of amides is 1. The van der Waals surface area contributed by atoms with Crippen LogP contribution in [0.3, 0.4) is 0 Å².